The van der Waals surface area contributed by atoms with E-state index in [9.17, 15) is 9.59 Å². The van der Waals surface area contributed by atoms with Gasteiger partial charge in [0.1, 0.15) is 17.6 Å². The van der Waals surface area contributed by atoms with Crippen LogP contribution in [-0.2, 0) is 13.5 Å². The van der Waals surface area contributed by atoms with E-state index in [1.165, 1.54) is 11.7 Å². The summed E-state index contributed by atoms with van der Waals surface area (Å²) in [6, 6.07) is 10.6. The van der Waals surface area contributed by atoms with Crippen molar-refractivity contribution < 1.29 is 14.3 Å². The van der Waals surface area contributed by atoms with Crippen LogP contribution in [0.4, 0.5) is 5.69 Å². The number of fused-ring (bicyclic) bond motifs is 2. The number of aryl methyl sites for hydroxylation is 1. The lowest BCUT2D eigenvalue weighted by molar-refractivity contribution is 0.102. The molecule has 1 unspecified atom stereocenters. The Balaban J connectivity index is 1.76. The molecule has 2 heterocycles. The van der Waals surface area contributed by atoms with Gasteiger partial charge in [-0.3, -0.25) is 9.59 Å². The van der Waals surface area contributed by atoms with Gasteiger partial charge in [0.05, 0.1) is 17.7 Å². The quantitative estimate of drug-likeness (QED) is 0.754. The molecule has 144 valence electrons. The van der Waals surface area contributed by atoms with Gasteiger partial charge in [0.25, 0.3) is 11.5 Å². The van der Waals surface area contributed by atoms with Crippen LogP contribution in [0.5, 0.6) is 11.5 Å². The van der Waals surface area contributed by atoms with Crippen molar-refractivity contribution in [1.82, 2.24) is 9.78 Å². The van der Waals surface area contributed by atoms with E-state index in [1.807, 2.05) is 19.9 Å². The summed E-state index contributed by atoms with van der Waals surface area (Å²) in [6.45, 7) is 4.36. The van der Waals surface area contributed by atoms with Crippen LogP contribution in [-0.4, -0.2) is 28.4 Å². The van der Waals surface area contributed by atoms with E-state index >= 15 is 0 Å². The van der Waals surface area contributed by atoms with Gasteiger partial charge in [0.15, 0.2) is 5.69 Å². The van der Waals surface area contributed by atoms with Crippen LogP contribution in [0.25, 0.3) is 10.8 Å². The average molecular weight is 379 g/mol. The number of hydrogen-bond donors (Lipinski definition) is 1. The Kier molecular flexibility index (Phi) is 4.50. The number of hydrogen-bond acceptors (Lipinski definition) is 5. The maximum Gasteiger partial charge on any atom is 0.276 e. The van der Waals surface area contributed by atoms with Crippen LogP contribution in [0.3, 0.4) is 0 Å². The first-order valence-electron chi connectivity index (χ1n) is 9.21. The van der Waals surface area contributed by atoms with Crippen molar-refractivity contribution in [2.24, 2.45) is 7.05 Å². The molecule has 1 aliphatic heterocycles. The highest BCUT2D eigenvalue weighted by Gasteiger charge is 2.24. The molecule has 7 heteroatoms. The van der Waals surface area contributed by atoms with E-state index in [2.05, 4.69) is 10.4 Å². The van der Waals surface area contributed by atoms with Crippen LogP contribution in [0.15, 0.2) is 41.2 Å². The Morgan fingerprint density at radius 3 is 2.82 bits per heavy atom. The number of aromatic nitrogens is 2. The summed E-state index contributed by atoms with van der Waals surface area (Å²) in [7, 11) is 1.53. The molecule has 2 aromatic carbocycles. The van der Waals surface area contributed by atoms with E-state index in [4.69, 9.17) is 9.47 Å². The van der Waals surface area contributed by atoms with Crippen molar-refractivity contribution in [2.45, 2.75) is 26.4 Å². The van der Waals surface area contributed by atoms with Crippen molar-refractivity contribution in [1.29, 1.82) is 0 Å². The first kappa shape index (κ1) is 18.0. The fourth-order valence-corrected chi connectivity index (χ4v) is 3.46. The number of benzene rings is 2. The topological polar surface area (TPSA) is 82.5 Å². The van der Waals surface area contributed by atoms with Gasteiger partial charge in [-0.2, -0.15) is 5.10 Å². The van der Waals surface area contributed by atoms with E-state index in [1.54, 1.807) is 30.3 Å². The molecule has 0 saturated heterocycles. The van der Waals surface area contributed by atoms with Crippen molar-refractivity contribution >= 4 is 22.4 Å². The molecular weight excluding hydrogens is 358 g/mol. The molecule has 0 radical (unpaired) electrons. The molecule has 0 spiro atoms. The minimum atomic E-state index is -0.418. The Morgan fingerprint density at radius 1 is 1.32 bits per heavy atom. The minimum Gasteiger partial charge on any atom is -0.492 e. The summed E-state index contributed by atoms with van der Waals surface area (Å²) < 4.78 is 12.7. The molecule has 0 bridgehead atoms. The predicted molar refractivity (Wildman–Crippen MR) is 106 cm³/mol. The number of nitrogens with one attached hydrogen (secondary N) is 1. The molecule has 1 N–H and O–H groups in total. The SMILES string of the molecule is CCOc1cc2c(cc1NC(=O)c1nn(C)c(=O)c3ccccc13)OC(C)C2. The monoisotopic (exact) mass is 379 g/mol. The molecule has 1 atom stereocenters. The first-order chi connectivity index (χ1) is 13.5. The van der Waals surface area contributed by atoms with E-state index in [0.29, 0.717) is 28.8 Å². The highest BCUT2D eigenvalue weighted by atomic mass is 16.5. The molecule has 4 rings (SSSR count). The summed E-state index contributed by atoms with van der Waals surface area (Å²) in [5.74, 6) is 0.907. The normalized spacial score (nSPS) is 15.2. The van der Waals surface area contributed by atoms with Gasteiger partial charge in [-0.1, -0.05) is 18.2 Å². The fraction of sp³-hybridized carbons (Fsp3) is 0.286. The average Bonchev–Trinajstić information content (AvgIpc) is 3.04. The number of rotatable bonds is 4. The molecule has 0 aliphatic carbocycles. The lowest BCUT2D eigenvalue weighted by atomic mass is 10.1. The Morgan fingerprint density at radius 2 is 2.07 bits per heavy atom. The Labute approximate surface area is 161 Å². The van der Waals surface area contributed by atoms with E-state index in [-0.39, 0.29) is 17.4 Å². The molecule has 0 saturated carbocycles. The molecule has 3 aromatic rings. The second kappa shape index (κ2) is 6.99. The van der Waals surface area contributed by atoms with Crippen molar-refractivity contribution in [3.63, 3.8) is 0 Å². The zero-order valence-corrected chi connectivity index (χ0v) is 16.0. The lowest BCUT2D eigenvalue weighted by Crippen LogP contribution is -2.25. The smallest absolute Gasteiger partial charge is 0.276 e. The van der Waals surface area contributed by atoms with Gasteiger partial charge in [-0.05, 0) is 26.0 Å². The number of carbonyl (C=O) groups is 1. The second-order valence-electron chi connectivity index (χ2n) is 6.80. The van der Waals surface area contributed by atoms with Crippen LogP contribution in [0, 0.1) is 0 Å². The third-order valence-corrected chi connectivity index (χ3v) is 4.72. The maximum absolute atomic E-state index is 13.0. The summed E-state index contributed by atoms with van der Waals surface area (Å²) in [5.41, 5.74) is 1.50. The van der Waals surface area contributed by atoms with E-state index < -0.39 is 5.91 Å². The molecule has 28 heavy (non-hydrogen) atoms. The third kappa shape index (κ3) is 3.09. The number of ether oxygens (including phenoxy) is 2. The Bertz CT molecular complexity index is 1140. The maximum atomic E-state index is 13.0. The number of amides is 1. The highest BCUT2D eigenvalue weighted by Crippen LogP contribution is 2.38. The van der Waals surface area contributed by atoms with Crippen molar-refractivity contribution in [3.05, 3.63) is 58.0 Å². The first-order valence-corrected chi connectivity index (χ1v) is 9.21. The third-order valence-electron chi connectivity index (χ3n) is 4.72. The molecular formula is C21H21N3O4. The van der Waals surface area contributed by atoms with Gasteiger partial charge in [-0.25, -0.2) is 4.68 Å². The van der Waals surface area contributed by atoms with Crippen LogP contribution >= 0.6 is 0 Å². The fourth-order valence-electron chi connectivity index (χ4n) is 3.46. The van der Waals surface area contributed by atoms with Crippen molar-refractivity contribution in [2.75, 3.05) is 11.9 Å². The number of anilines is 1. The van der Waals surface area contributed by atoms with Gasteiger partial charge in [0, 0.05) is 30.5 Å². The summed E-state index contributed by atoms with van der Waals surface area (Å²) in [6.07, 6.45) is 0.890. The summed E-state index contributed by atoms with van der Waals surface area (Å²) in [4.78, 5) is 25.3. The number of carbonyl (C=O) groups excluding carboxylic acids is 1. The zero-order chi connectivity index (χ0) is 19.8. The van der Waals surface area contributed by atoms with Gasteiger partial charge in [-0.15, -0.1) is 0 Å². The van der Waals surface area contributed by atoms with Crippen molar-refractivity contribution in [3.8, 4) is 11.5 Å². The molecule has 1 amide bonds. The predicted octanol–water partition coefficient (Wildman–Crippen LogP) is 2.91. The molecule has 1 aliphatic rings. The van der Waals surface area contributed by atoms with Gasteiger partial charge in [0.2, 0.25) is 0 Å². The summed E-state index contributed by atoms with van der Waals surface area (Å²) in [5, 5.41) is 8.00. The number of nitrogens with zero attached hydrogens (tertiary/aromatic N) is 2. The Hall–Kier alpha value is -3.35. The zero-order valence-electron chi connectivity index (χ0n) is 16.0. The van der Waals surface area contributed by atoms with Crippen LogP contribution in [0.1, 0.15) is 29.9 Å². The largest absolute Gasteiger partial charge is 0.492 e. The van der Waals surface area contributed by atoms with Gasteiger partial charge >= 0.3 is 0 Å². The minimum absolute atomic E-state index is 0.0877. The van der Waals surface area contributed by atoms with Crippen LogP contribution < -0.4 is 20.3 Å². The molecule has 1 aromatic heterocycles. The van der Waals surface area contributed by atoms with E-state index in [0.717, 1.165) is 17.7 Å². The molecule has 0 fully saturated rings. The lowest BCUT2D eigenvalue weighted by Gasteiger charge is -2.14. The van der Waals surface area contributed by atoms with Gasteiger partial charge < -0.3 is 14.8 Å². The highest BCUT2D eigenvalue weighted by molar-refractivity contribution is 6.11. The van der Waals surface area contributed by atoms with Crippen LogP contribution in [0.2, 0.25) is 0 Å². The standard InChI is InChI=1S/C21H21N3O4/c1-4-27-18-10-13-9-12(2)28-17(13)11-16(18)22-20(25)19-14-7-5-6-8-15(14)21(26)24(3)23-19/h5-8,10-12H,4,9H2,1-3H3,(H,22,25). The summed E-state index contributed by atoms with van der Waals surface area (Å²) >= 11 is 0. The molecule has 7 nitrogen and oxygen atoms in total. The second-order valence-corrected chi connectivity index (χ2v) is 6.80.